The van der Waals surface area contributed by atoms with E-state index in [-0.39, 0.29) is 17.2 Å². The molecule has 8 nitrogen and oxygen atoms in total. The monoisotopic (exact) mass is 458 g/mol. The highest BCUT2D eigenvalue weighted by atomic mass is 32.2. The van der Waals surface area contributed by atoms with Crippen molar-refractivity contribution < 1.29 is 18.0 Å². The van der Waals surface area contributed by atoms with Crippen molar-refractivity contribution in [3.63, 3.8) is 0 Å². The van der Waals surface area contributed by atoms with Gasteiger partial charge in [-0.15, -0.1) is 0 Å². The Balaban J connectivity index is 1.67. The molecule has 0 bridgehead atoms. The Labute approximate surface area is 189 Å². The molecule has 4 N–H and O–H groups in total. The summed E-state index contributed by atoms with van der Waals surface area (Å²) in [5.74, 6) is 0.305. The Bertz CT molecular complexity index is 1030. The molecule has 0 spiro atoms. The van der Waals surface area contributed by atoms with Gasteiger partial charge in [0.15, 0.2) is 0 Å². The summed E-state index contributed by atoms with van der Waals surface area (Å²) in [6.45, 7) is 5.15. The first-order valence-corrected chi connectivity index (χ1v) is 12.1. The van der Waals surface area contributed by atoms with Crippen LogP contribution in [-0.2, 0) is 14.8 Å². The van der Waals surface area contributed by atoms with Crippen molar-refractivity contribution in [2.45, 2.75) is 37.6 Å². The first kappa shape index (κ1) is 23.7. The SMILES string of the molecule is C[C@@H]1C[C@@H](C)CN(S(=O)(=O)c2ccc(NC(=O)C[C@@H](NC(N)=O)c3ccccc3)cc2)C1. The minimum atomic E-state index is -3.58. The molecule has 172 valence electrons. The Kier molecular flexibility index (Phi) is 7.52. The van der Waals surface area contributed by atoms with Crippen molar-refractivity contribution in [3.05, 3.63) is 60.2 Å². The molecule has 9 heteroatoms. The summed E-state index contributed by atoms with van der Waals surface area (Å²) in [6.07, 6.45) is 1.00. The van der Waals surface area contributed by atoms with Crippen molar-refractivity contribution in [2.75, 3.05) is 18.4 Å². The van der Waals surface area contributed by atoms with E-state index in [1.807, 2.05) is 18.2 Å². The zero-order valence-corrected chi connectivity index (χ0v) is 19.1. The molecule has 1 aliphatic rings. The number of primary amides is 1. The number of urea groups is 1. The third-order valence-corrected chi connectivity index (χ3v) is 7.37. The van der Waals surface area contributed by atoms with E-state index >= 15 is 0 Å². The first-order chi connectivity index (χ1) is 15.1. The number of nitrogens with zero attached hydrogens (tertiary/aromatic N) is 1. The molecule has 0 saturated carbocycles. The van der Waals surface area contributed by atoms with Crippen LogP contribution in [-0.4, -0.2) is 37.8 Å². The van der Waals surface area contributed by atoms with Gasteiger partial charge in [-0.05, 0) is 48.1 Å². The minimum absolute atomic E-state index is 0.0173. The van der Waals surface area contributed by atoms with Crippen LogP contribution in [0.25, 0.3) is 0 Å². The van der Waals surface area contributed by atoms with Crippen LogP contribution in [0.3, 0.4) is 0 Å². The van der Waals surface area contributed by atoms with Gasteiger partial charge < -0.3 is 16.4 Å². The molecule has 0 radical (unpaired) electrons. The van der Waals surface area contributed by atoms with Gasteiger partial charge in [0.25, 0.3) is 0 Å². The summed E-state index contributed by atoms with van der Waals surface area (Å²) in [6, 6.07) is 13.9. The highest BCUT2D eigenvalue weighted by Crippen LogP contribution is 2.27. The zero-order valence-electron chi connectivity index (χ0n) is 18.3. The van der Waals surface area contributed by atoms with Gasteiger partial charge in [-0.1, -0.05) is 44.2 Å². The van der Waals surface area contributed by atoms with E-state index in [9.17, 15) is 18.0 Å². The lowest BCUT2D eigenvalue weighted by atomic mass is 9.94. The van der Waals surface area contributed by atoms with Crippen LogP contribution in [0.4, 0.5) is 10.5 Å². The number of nitrogens with one attached hydrogen (secondary N) is 2. The summed E-state index contributed by atoms with van der Waals surface area (Å²) in [7, 11) is -3.58. The summed E-state index contributed by atoms with van der Waals surface area (Å²) >= 11 is 0. The van der Waals surface area contributed by atoms with Gasteiger partial charge in [-0.3, -0.25) is 4.79 Å². The van der Waals surface area contributed by atoms with Crippen molar-refractivity contribution in [1.82, 2.24) is 9.62 Å². The predicted octanol–water partition coefficient (Wildman–Crippen LogP) is 3.09. The average molecular weight is 459 g/mol. The van der Waals surface area contributed by atoms with Crippen LogP contribution < -0.4 is 16.4 Å². The van der Waals surface area contributed by atoms with Gasteiger partial charge >= 0.3 is 6.03 Å². The number of carbonyl (C=O) groups excluding carboxylic acids is 2. The summed E-state index contributed by atoms with van der Waals surface area (Å²) in [4.78, 5) is 24.1. The van der Waals surface area contributed by atoms with Gasteiger partial charge in [-0.25, -0.2) is 13.2 Å². The smallest absolute Gasteiger partial charge is 0.312 e. The number of sulfonamides is 1. The molecule has 3 rings (SSSR count). The number of rotatable bonds is 7. The number of hydrogen-bond acceptors (Lipinski definition) is 4. The number of hydrogen-bond donors (Lipinski definition) is 3. The fourth-order valence-electron chi connectivity index (χ4n) is 4.17. The van der Waals surface area contributed by atoms with Crippen molar-refractivity contribution >= 4 is 27.6 Å². The molecule has 0 aliphatic carbocycles. The number of anilines is 1. The number of nitrogens with two attached hydrogens (primary N) is 1. The van der Waals surface area contributed by atoms with E-state index in [2.05, 4.69) is 24.5 Å². The fraction of sp³-hybridized carbons (Fsp3) is 0.391. The standard InChI is InChI=1S/C23H30N4O4S/c1-16-12-17(2)15-27(14-16)32(30,31)20-10-8-19(9-11-20)25-22(28)13-21(26-23(24)29)18-6-4-3-5-7-18/h3-11,16-17,21H,12-15H2,1-2H3,(H,25,28)(H3,24,26,29)/t16-,17-,21-/m1/s1. The van der Waals surface area contributed by atoms with E-state index < -0.39 is 22.1 Å². The molecular formula is C23H30N4O4S. The van der Waals surface area contributed by atoms with E-state index in [1.165, 1.54) is 12.1 Å². The molecule has 1 heterocycles. The summed E-state index contributed by atoms with van der Waals surface area (Å²) in [5, 5.41) is 5.33. The van der Waals surface area contributed by atoms with E-state index in [0.29, 0.717) is 30.6 Å². The summed E-state index contributed by atoms with van der Waals surface area (Å²) in [5.41, 5.74) is 6.48. The third kappa shape index (κ3) is 6.08. The lowest BCUT2D eigenvalue weighted by Gasteiger charge is -2.34. The molecule has 1 fully saturated rings. The van der Waals surface area contributed by atoms with Gasteiger partial charge in [-0.2, -0.15) is 4.31 Å². The van der Waals surface area contributed by atoms with Crippen LogP contribution in [0.1, 0.15) is 38.3 Å². The van der Waals surface area contributed by atoms with Crippen LogP contribution in [0.15, 0.2) is 59.5 Å². The molecule has 3 atom stereocenters. The highest BCUT2D eigenvalue weighted by molar-refractivity contribution is 7.89. The molecule has 2 aromatic rings. The number of benzene rings is 2. The van der Waals surface area contributed by atoms with Gasteiger partial charge in [0.1, 0.15) is 0 Å². The zero-order chi connectivity index (χ0) is 23.3. The first-order valence-electron chi connectivity index (χ1n) is 10.7. The Morgan fingerprint density at radius 3 is 2.19 bits per heavy atom. The van der Waals surface area contributed by atoms with Crippen molar-refractivity contribution in [3.8, 4) is 0 Å². The van der Waals surface area contributed by atoms with E-state index in [4.69, 9.17) is 5.73 Å². The quantitative estimate of drug-likeness (QED) is 0.590. The third-order valence-electron chi connectivity index (χ3n) is 5.52. The second kappa shape index (κ2) is 10.1. The maximum Gasteiger partial charge on any atom is 0.312 e. The molecule has 3 amide bonds. The Hall–Kier alpha value is -2.91. The normalized spacial score (nSPS) is 20.3. The maximum absolute atomic E-state index is 13.0. The molecule has 0 aromatic heterocycles. The minimum Gasteiger partial charge on any atom is -0.352 e. The van der Waals surface area contributed by atoms with Crippen LogP contribution in [0.5, 0.6) is 0 Å². The van der Waals surface area contributed by atoms with Gasteiger partial charge in [0.05, 0.1) is 17.4 Å². The van der Waals surface area contributed by atoms with Gasteiger partial charge in [0, 0.05) is 18.8 Å². The highest BCUT2D eigenvalue weighted by Gasteiger charge is 2.31. The number of piperidine rings is 1. The molecule has 1 saturated heterocycles. The van der Waals surface area contributed by atoms with Crippen molar-refractivity contribution in [2.24, 2.45) is 17.6 Å². The summed E-state index contributed by atoms with van der Waals surface area (Å²) < 4.78 is 27.5. The van der Waals surface area contributed by atoms with E-state index in [0.717, 1.165) is 12.0 Å². The maximum atomic E-state index is 13.0. The predicted molar refractivity (Wildman–Crippen MR) is 123 cm³/mol. The topological polar surface area (TPSA) is 122 Å². The Morgan fingerprint density at radius 1 is 1.03 bits per heavy atom. The molecular weight excluding hydrogens is 428 g/mol. The Morgan fingerprint density at radius 2 is 1.62 bits per heavy atom. The molecule has 2 aromatic carbocycles. The van der Waals surface area contributed by atoms with Crippen molar-refractivity contribution in [1.29, 1.82) is 0 Å². The van der Waals surface area contributed by atoms with Crippen LogP contribution in [0.2, 0.25) is 0 Å². The van der Waals surface area contributed by atoms with Crippen LogP contribution in [0, 0.1) is 11.8 Å². The second-order valence-electron chi connectivity index (χ2n) is 8.52. The number of amides is 3. The second-order valence-corrected chi connectivity index (χ2v) is 10.5. The molecule has 0 unspecified atom stereocenters. The average Bonchev–Trinajstić information content (AvgIpc) is 2.73. The molecule has 1 aliphatic heterocycles. The van der Waals surface area contributed by atoms with E-state index in [1.54, 1.807) is 28.6 Å². The van der Waals surface area contributed by atoms with Gasteiger partial charge in [0.2, 0.25) is 15.9 Å². The molecule has 32 heavy (non-hydrogen) atoms. The number of carbonyl (C=O) groups is 2. The largest absolute Gasteiger partial charge is 0.352 e. The van der Waals surface area contributed by atoms with Crippen LogP contribution >= 0.6 is 0 Å². The lowest BCUT2D eigenvalue weighted by molar-refractivity contribution is -0.116. The fourth-order valence-corrected chi connectivity index (χ4v) is 5.85. The lowest BCUT2D eigenvalue weighted by Crippen LogP contribution is -2.42.